The van der Waals surface area contributed by atoms with Crippen LogP contribution in [-0.4, -0.2) is 5.78 Å². The Balaban J connectivity index is 1.99. The summed E-state index contributed by atoms with van der Waals surface area (Å²) >= 11 is 5.05. The van der Waals surface area contributed by atoms with Crippen LogP contribution >= 0.6 is 34.0 Å². The molecule has 0 radical (unpaired) electrons. The maximum Gasteiger partial charge on any atom is 0.173 e. The average Bonchev–Trinajstić information content (AvgIpc) is 3.26. The van der Waals surface area contributed by atoms with Gasteiger partial charge in [-0.05, 0) is 29.3 Å². The van der Waals surface area contributed by atoms with Crippen molar-refractivity contribution in [3.05, 3.63) is 45.3 Å². The predicted octanol–water partition coefficient (Wildman–Crippen LogP) is 6.97. The third-order valence-electron chi connectivity index (χ3n) is 3.61. The molecular weight excluding hydrogens is 328 g/mol. The average molecular weight is 347 g/mol. The summed E-state index contributed by atoms with van der Waals surface area (Å²) in [5, 5.41) is 6.32. The summed E-state index contributed by atoms with van der Waals surface area (Å²) < 4.78 is 0. The molecule has 0 saturated heterocycles. The number of hydrogen-bond acceptors (Lipinski definition) is 4. The van der Waals surface area contributed by atoms with Gasteiger partial charge in [-0.15, -0.1) is 34.0 Å². The number of Topliss-reactive ketones (excluding diaryl/α,β-unsaturated/α-hetero) is 1. The lowest BCUT2D eigenvalue weighted by atomic mass is 10.0. The highest BCUT2D eigenvalue weighted by Crippen LogP contribution is 2.43. The monoisotopic (exact) mass is 346 g/mol. The zero-order valence-corrected chi connectivity index (χ0v) is 15.0. The summed E-state index contributed by atoms with van der Waals surface area (Å²) in [7, 11) is 0. The zero-order valence-electron chi connectivity index (χ0n) is 12.5. The van der Waals surface area contributed by atoms with E-state index in [0.29, 0.717) is 12.2 Å². The van der Waals surface area contributed by atoms with Crippen molar-refractivity contribution in [3.63, 3.8) is 0 Å². The quantitative estimate of drug-likeness (QED) is 0.333. The Hall–Kier alpha value is -1.23. The van der Waals surface area contributed by atoms with Crippen molar-refractivity contribution in [3.8, 4) is 20.9 Å². The Morgan fingerprint density at radius 3 is 2.36 bits per heavy atom. The number of hydrogen-bond donors (Lipinski definition) is 0. The first-order valence-electron chi connectivity index (χ1n) is 7.53. The van der Waals surface area contributed by atoms with Crippen LogP contribution in [0.25, 0.3) is 20.9 Å². The molecule has 0 unspecified atom stereocenters. The first kappa shape index (κ1) is 15.7. The molecule has 3 aromatic heterocycles. The van der Waals surface area contributed by atoms with Crippen molar-refractivity contribution >= 4 is 39.8 Å². The zero-order chi connectivity index (χ0) is 15.4. The summed E-state index contributed by atoms with van der Waals surface area (Å²) in [6.07, 6.45) is 3.93. The van der Waals surface area contributed by atoms with Crippen LogP contribution < -0.4 is 0 Å². The van der Waals surface area contributed by atoms with Gasteiger partial charge in [0.25, 0.3) is 0 Å². The van der Waals surface area contributed by atoms with Gasteiger partial charge in [-0.1, -0.05) is 31.9 Å². The molecule has 0 aliphatic heterocycles. The minimum absolute atomic E-state index is 0.296. The lowest BCUT2D eigenvalue weighted by molar-refractivity contribution is 0.0984. The molecule has 0 spiro atoms. The minimum Gasteiger partial charge on any atom is -0.293 e. The van der Waals surface area contributed by atoms with Gasteiger partial charge in [-0.3, -0.25) is 4.79 Å². The van der Waals surface area contributed by atoms with Crippen molar-refractivity contribution in [2.45, 2.75) is 32.6 Å². The van der Waals surface area contributed by atoms with Gasteiger partial charge >= 0.3 is 0 Å². The van der Waals surface area contributed by atoms with Crippen LogP contribution in [0.4, 0.5) is 0 Å². The number of carbonyl (C=O) groups excluding carboxylic acids is 1. The van der Waals surface area contributed by atoms with E-state index in [1.54, 1.807) is 34.0 Å². The molecule has 0 atom stereocenters. The fraction of sp³-hybridized carbons (Fsp3) is 0.278. The van der Waals surface area contributed by atoms with Gasteiger partial charge in [0.1, 0.15) is 0 Å². The van der Waals surface area contributed by atoms with Gasteiger partial charge in [0, 0.05) is 32.7 Å². The number of rotatable bonds is 7. The van der Waals surface area contributed by atoms with Crippen molar-refractivity contribution in [2.24, 2.45) is 0 Å². The standard InChI is InChI=1S/C18H18OS3/c1-2-3-4-7-14(19)18-17(16-9-6-11-21-16)13(12-22-18)15-8-5-10-20-15/h5-6,8-12H,2-4,7H2,1H3. The number of thiophene rings is 3. The lowest BCUT2D eigenvalue weighted by Gasteiger charge is -2.04. The van der Waals surface area contributed by atoms with Gasteiger partial charge in [-0.25, -0.2) is 0 Å². The second-order valence-electron chi connectivity index (χ2n) is 5.19. The van der Waals surface area contributed by atoms with E-state index in [-0.39, 0.29) is 0 Å². The van der Waals surface area contributed by atoms with Crippen LogP contribution in [0.2, 0.25) is 0 Å². The predicted molar refractivity (Wildman–Crippen MR) is 99.4 cm³/mol. The maximum absolute atomic E-state index is 12.6. The van der Waals surface area contributed by atoms with Crippen molar-refractivity contribution in [1.82, 2.24) is 0 Å². The molecule has 0 saturated carbocycles. The highest BCUT2D eigenvalue weighted by molar-refractivity contribution is 7.17. The van der Waals surface area contributed by atoms with Gasteiger partial charge in [0.2, 0.25) is 0 Å². The molecule has 3 heterocycles. The van der Waals surface area contributed by atoms with E-state index in [4.69, 9.17) is 0 Å². The molecule has 0 bridgehead atoms. The highest BCUT2D eigenvalue weighted by Gasteiger charge is 2.21. The summed E-state index contributed by atoms with van der Waals surface area (Å²) in [6.45, 7) is 2.17. The van der Waals surface area contributed by atoms with Crippen molar-refractivity contribution in [2.75, 3.05) is 0 Å². The molecule has 1 nitrogen and oxygen atoms in total. The molecule has 0 fully saturated rings. The first-order valence-corrected chi connectivity index (χ1v) is 10.2. The molecule has 0 aromatic carbocycles. The Morgan fingerprint density at radius 2 is 1.73 bits per heavy atom. The Morgan fingerprint density at radius 1 is 1.00 bits per heavy atom. The summed E-state index contributed by atoms with van der Waals surface area (Å²) in [4.78, 5) is 16.0. The van der Waals surface area contributed by atoms with Crippen LogP contribution in [0.1, 0.15) is 42.3 Å². The van der Waals surface area contributed by atoms with Gasteiger partial charge in [0.05, 0.1) is 4.88 Å². The molecule has 22 heavy (non-hydrogen) atoms. The smallest absolute Gasteiger partial charge is 0.173 e. The van der Waals surface area contributed by atoms with Crippen molar-refractivity contribution < 1.29 is 4.79 Å². The van der Waals surface area contributed by atoms with Crippen LogP contribution in [-0.2, 0) is 0 Å². The Bertz CT molecular complexity index is 721. The fourth-order valence-corrected chi connectivity index (χ4v) is 5.22. The Kier molecular flexibility index (Phi) is 5.24. The Labute approximate surface area is 143 Å². The van der Waals surface area contributed by atoms with Crippen molar-refractivity contribution in [1.29, 1.82) is 0 Å². The van der Waals surface area contributed by atoms with E-state index >= 15 is 0 Å². The summed E-state index contributed by atoms with van der Waals surface area (Å²) in [5.74, 6) is 0.296. The molecule has 0 aliphatic carbocycles. The molecule has 0 N–H and O–H groups in total. The number of unbranched alkanes of at least 4 members (excludes halogenated alkanes) is 2. The van der Waals surface area contributed by atoms with Gasteiger partial charge in [0.15, 0.2) is 5.78 Å². The van der Waals surface area contributed by atoms with E-state index in [2.05, 4.69) is 47.3 Å². The summed E-state index contributed by atoms with van der Waals surface area (Å²) in [6, 6.07) is 8.38. The first-order chi connectivity index (χ1) is 10.8. The molecule has 0 aliphatic rings. The SMILES string of the molecule is CCCCCC(=O)c1scc(-c2cccs2)c1-c1cccs1. The molecule has 3 rings (SSSR count). The van der Waals surface area contributed by atoms with E-state index in [1.165, 1.54) is 15.3 Å². The largest absolute Gasteiger partial charge is 0.293 e. The number of carbonyl (C=O) groups is 1. The van der Waals surface area contributed by atoms with E-state index in [1.807, 2.05) is 0 Å². The molecule has 114 valence electrons. The molecular formula is C18H18OS3. The van der Waals surface area contributed by atoms with E-state index < -0.39 is 0 Å². The molecule has 4 heteroatoms. The van der Waals surface area contributed by atoms with E-state index in [9.17, 15) is 4.79 Å². The molecule has 3 aromatic rings. The number of ketones is 1. The van der Waals surface area contributed by atoms with Gasteiger partial charge in [-0.2, -0.15) is 0 Å². The van der Waals surface area contributed by atoms with Crippen LogP contribution in [0, 0.1) is 0 Å². The second kappa shape index (κ2) is 7.36. The van der Waals surface area contributed by atoms with Crippen LogP contribution in [0.5, 0.6) is 0 Å². The molecule has 0 amide bonds. The minimum atomic E-state index is 0.296. The third kappa shape index (κ3) is 3.24. The normalized spacial score (nSPS) is 11.0. The van der Waals surface area contributed by atoms with E-state index in [0.717, 1.165) is 29.7 Å². The third-order valence-corrected chi connectivity index (χ3v) is 6.42. The second-order valence-corrected chi connectivity index (χ2v) is 7.96. The van der Waals surface area contributed by atoms with Crippen LogP contribution in [0.3, 0.4) is 0 Å². The maximum atomic E-state index is 12.6. The van der Waals surface area contributed by atoms with Crippen LogP contribution in [0.15, 0.2) is 40.4 Å². The fourth-order valence-electron chi connectivity index (χ4n) is 2.49. The van der Waals surface area contributed by atoms with Gasteiger partial charge < -0.3 is 0 Å². The summed E-state index contributed by atoms with van der Waals surface area (Å²) in [5.41, 5.74) is 2.35. The topological polar surface area (TPSA) is 17.1 Å². The highest BCUT2D eigenvalue weighted by atomic mass is 32.1. The lowest BCUT2D eigenvalue weighted by Crippen LogP contribution is -1.98.